The molecule has 0 atom stereocenters. The summed E-state index contributed by atoms with van der Waals surface area (Å²) in [6, 6.07) is 15.7. The molecule has 3 aromatic rings. The molecule has 0 spiro atoms. The molecule has 0 aliphatic carbocycles. The highest BCUT2D eigenvalue weighted by Gasteiger charge is 2.16. The first-order valence-electron chi connectivity index (χ1n) is 8.30. The number of carbonyl (C=O) groups is 1. The van der Waals surface area contributed by atoms with Crippen LogP contribution in [-0.2, 0) is 6.54 Å². The van der Waals surface area contributed by atoms with Crippen molar-refractivity contribution in [3.8, 4) is 22.8 Å². The molecule has 0 fully saturated rings. The molecule has 0 amide bonds. The second-order valence-corrected chi connectivity index (χ2v) is 5.95. The molecular weight excluding hydrogens is 316 g/mol. The fraction of sp³-hybridized carbons (Fsp3) is 0.200. The molecule has 2 aromatic carbocycles. The predicted octanol–water partition coefficient (Wildman–Crippen LogP) is 3.57. The predicted molar refractivity (Wildman–Crippen MR) is 94.2 cm³/mol. The number of carbonyl (C=O) groups excluding carboxylic acids is 1. The molecule has 5 heteroatoms. The van der Waals surface area contributed by atoms with E-state index in [-0.39, 0.29) is 0 Å². The van der Waals surface area contributed by atoms with Crippen LogP contribution in [0.1, 0.15) is 22.3 Å². The van der Waals surface area contributed by atoms with Gasteiger partial charge in [-0.25, -0.2) is 0 Å². The molecule has 1 aliphatic rings. The molecule has 0 saturated heterocycles. The number of aldehydes is 1. The minimum absolute atomic E-state index is 0.561. The van der Waals surface area contributed by atoms with Gasteiger partial charge >= 0.3 is 0 Å². The van der Waals surface area contributed by atoms with Gasteiger partial charge in [-0.15, -0.1) is 0 Å². The lowest BCUT2D eigenvalue weighted by Crippen LogP contribution is -2.00. The molecule has 0 saturated carbocycles. The van der Waals surface area contributed by atoms with Gasteiger partial charge in [0.2, 0.25) is 0 Å². The minimum atomic E-state index is 0.561. The molecule has 25 heavy (non-hydrogen) atoms. The minimum Gasteiger partial charge on any atom is -0.490 e. The summed E-state index contributed by atoms with van der Waals surface area (Å²) in [7, 11) is 0. The first-order chi connectivity index (χ1) is 12.3. The van der Waals surface area contributed by atoms with E-state index in [1.165, 1.54) is 0 Å². The molecule has 4 rings (SSSR count). The standard InChI is InChI=1S/C20H18N2O3/c23-14-17-13-22(12-15-5-2-1-3-6-15)21-20(17)16-7-8-18-19(11-16)25-10-4-9-24-18/h1-3,5-8,11,13-14H,4,9-10,12H2. The number of fused-ring (bicyclic) bond motifs is 1. The molecule has 1 aliphatic heterocycles. The Morgan fingerprint density at radius 1 is 1.04 bits per heavy atom. The van der Waals surface area contributed by atoms with Gasteiger partial charge in [0.15, 0.2) is 17.8 Å². The molecule has 0 unspecified atom stereocenters. The Morgan fingerprint density at radius 2 is 1.84 bits per heavy atom. The zero-order chi connectivity index (χ0) is 17.1. The smallest absolute Gasteiger partial charge is 0.161 e. The van der Waals surface area contributed by atoms with Gasteiger partial charge in [-0.05, 0) is 23.8 Å². The second kappa shape index (κ2) is 6.81. The van der Waals surface area contributed by atoms with Crippen molar-refractivity contribution in [2.45, 2.75) is 13.0 Å². The van der Waals surface area contributed by atoms with E-state index < -0.39 is 0 Å². The Morgan fingerprint density at radius 3 is 2.64 bits per heavy atom. The zero-order valence-corrected chi connectivity index (χ0v) is 13.7. The molecule has 1 aromatic heterocycles. The molecule has 126 valence electrons. The number of aromatic nitrogens is 2. The van der Waals surface area contributed by atoms with Crippen molar-refractivity contribution < 1.29 is 14.3 Å². The third-order valence-corrected chi connectivity index (χ3v) is 4.13. The van der Waals surface area contributed by atoms with Crippen LogP contribution in [0.4, 0.5) is 0 Å². The van der Waals surface area contributed by atoms with Crippen LogP contribution in [0, 0.1) is 0 Å². The van der Waals surface area contributed by atoms with Gasteiger partial charge in [0, 0.05) is 18.2 Å². The third kappa shape index (κ3) is 3.26. The van der Waals surface area contributed by atoms with E-state index in [2.05, 4.69) is 5.10 Å². The normalized spacial score (nSPS) is 13.3. The summed E-state index contributed by atoms with van der Waals surface area (Å²) in [4.78, 5) is 11.5. The van der Waals surface area contributed by atoms with E-state index >= 15 is 0 Å². The van der Waals surface area contributed by atoms with Crippen LogP contribution in [0.5, 0.6) is 11.5 Å². The van der Waals surface area contributed by atoms with Crippen molar-refractivity contribution in [1.82, 2.24) is 9.78 Å². The third-order valence-electron chi connectivity index (χ3n) is 4.13. The maximum absolute atomic E-state index is 11.5. The van der Waals surface area contributed by atoms with Gasteiger partial charge in [0.1, 0.15) is 5.69 Å². The zero-order valence-electron chi connectivity index (χ0n) is 13.7. The molecule has 0 radical (unpaired) electrons. The van der Waals surface area contributed by atoms with Gasteiger partial charge in [0.05, 0.1) is 25.3 Å². The summed E-state index contributed by atoms with van der Waals surface area (Å²) in [6.45, 7) is 1.89. The fourth-order valence-electron chi connectivity index (χ4n) is 2.91. The first kappa shape index (κ1) is 15.4. The van der Waals surface area contributed by atoms with Gasteiger partial charge in [0.25, 0.3) is 0 Å². The Balaban J connectivity index is 1.68. The van der Waals surface area contributed by atoms with E-state index in [9.17, 15) is 4.79 Å². The summed E-state index contributed by atoms with van der Waals surface area (Å²) in [5.74, 6) is 1.43. The van der Waals surface area contributed by atoms with Crippen LogP contribution in [0.15, 0.2) is 54.7 Å². The van der Waals surface area contributed by atoms with Crippen LogP contribution in [0.2, 0.25) is 0 Å². The summed E-state index contributed by atoms with van der Waals surface area (Å²) in [6.07, 6.45) is 3.47. The Hall–Kier alpha value is -3.08. The van der Waals surface area contributed by atoms with E-state index in [1.807, 2.05) is 48.5 Å². The lowest BCUT2D eigenvalue weighted by atomic mass is 10.1. The highest BCUT2D eigenvalue weighted by Crippen LogP contribution is 2.34. The van der Waals surface area contributed by atoms with E-state index in [1.54, 1.807) is 10.9 Å². The Bertz CT molecular complexity index is 887. The van der Waals surface area contributed by atoms with E-state index in [4.69, 9.17) is 9.47 Å². The summed E-state index contributed by atoms with van der Waals surface area (Å²) in [5, 5.41) is 4.61. The molecular formula is C20H18N2O3. The number of hydrogen-bond acceptors (Lipinski definition) is 4. The van der Waals surface area contributed by atoms with Gasteiger partial charge in [-0.1, -0.05) is 30.3 Å². The van der Waals surface area contributed by atoms with Gasteiger partial charge in [-0.3, -0.25) is 9.48 Å². The summed E-state index contributed by atoms with van der Waals surface area (Å²) < 4.78 is 13.2. The molecule has 0 N–H and O–H groups in total. The van der Waals surface area contributed by atoms with Crippen LogP contribution in [0.3, 0.4) is 0 Å². The second-order valence-electron chi connectivity index (χ2n) is 5.95. The maximum Gasteiger partial charge on any atom is 0.161 e. The largest absolute Gasteiger partial charge is 0.490 e. The van der Waals surface area contributed by atoms with Crippen molar-refractivity contribution in [3.63, 3.8) is 0 Å². The van der Waals surface area contributed by atoms with Crippen LogP contribution >= 0.6 is 0 Å². The van der Waals surface area contributed by atoms with Crippen molar-refractivity contribution in [3.05, 3.63) is 65.9 Å². The van der Waals surface area contributed by atoms with Crippen LogP contribution in [0.25, 0.3) is 11.3 Å². The molecule has 0 bridgehead atoms. The van der Waals surface area contributed by atoms with Crippen molar-refractivity contribution in [2.75, 3.05) is 13.2 Å². The molecule has 5 nitrogen and oxygen atoms in total. The molecule has 2 heterocycles. The van der Waals surface area contributed by atoms with E-state index in [0.29, 0.717) is 36.8 Å². The number of benzene rings is 2. The Kier molecular flexibility index (Phi) is 4.21. The fourth-order valence-corrected chi connectivity index (χ4v) is 2.91. The Labute approximate surface area is 145 Å². The first-order valence-corrected chi connectivity index (χ1v) is 8.30. The number of nitrogens with zero attached hydrogens (tertiary/aromatic N) is 2. The van der Waals surface area contributed by atoms with Crippen molar-refractivity contribution >= 4 is 6.29 Å². The quantitative estimate of drug-likeness (QED) is 0.685. The van der Waals surface area contributed by atoms with E-state index in [0.717, 1.165) is 29.6 Å². The average Bonchev–Trinajstić information content (AvgIpc) is 2.91. The SMILES string of the molecule is O=Cc1cn(Cc2ccccc2)nc1-c1ccc2c(c1)OCCCO2. The maximum atomic E-state index is 11.5. The summed E-state index contributed by atoms with van der Waals surface area (Å²) in [5.41, 5.74) is 3.19. The van der Waals surface area contributed by atoms with Crippen molar-refractivity contribution in [1.29, 1.82) is 0 Å². The monoisotopic (exact) mass is 334 g/mol. The van der Waals surface area contributed by atoms with Crippen LogP contribution < -0.4 is 9.47 Å². The average molecular weight is 334 g/mol. The highest BCUT2D eigenvalue weighted by atomic mass is 16.5. The number of hydrogen-bond donors (Lipinski definition) is 0. The van der Waals surface area contributed by atoms with Crippen molar-refractivity contribution in [2.24, 2.45) is 0 Å². The van der Waals surface area contributed by atoms with Gasteiger partial charge < -0.3 is 9.47 Å². The number of ether oxygens (including phenoxy) is 2. The lowest BCUT2D eigenvalue weighted by molar-refractivity contribution is 0.112. The topological polar surface area (TPSA) is 53.4 Å². The van der Waals surface area contributed by atoms with Gasteiger partial charge in [-0.2, -0.15) is 5.10 Å². The van der Waals surface area contributed by atoms with Crippen LogP contribution in [-0.4, -0.2) is 29.3 Å². The summed E-state index contributed by atoms with van der Waals surface area (Å²) >= 11 is 0. The highest BCUT2D eigenvalue weighted by molar-refractivity contribution is 5.85. The number of rotatable bonds is 4. The lowest BCUT2D eigenvalue weighted by Gasteiger charge is -2.08.